The number of amides is 1. The van der Waals surface area contributed by atoms with Gasteiger partial charge in [-0.05, 0) is 36.4 Å². The van der Waals surface area contributed by atoms with Crippen molar-refractivity contribution in [2.45, 2.75) is 28.7 Å². The van der Waals surface area contributed by atoms with Gasteiger partial charge in [-0.15, -0.1) is 0 Å². The molecule has 2 heterocycles. The molecule has 0 atom stereocenters. The van der Waals surface area contributed by atoms with Crippen molar-refractivity contribution >= 4 is 31.3 Å². The maximum absolute atomic E-state index is 14.6. The van der Waals surface area contributed by atoms with Crippen molar-refractivity contribution in [1.29, 1.82) is 0 Å². The van der Waals surface area contributed by atoms with Gasteiger partial charge in [0.05, 0.1) is 34.3 Å². The van der Waals surface area contributed by atoms with Gasteiger partial charge in [0.25, 0.3) is 5.91 Å². The van der Waals surface area contributed by atoms with Gasteiger partial charge in [0, 0.05) is 51.5 Å². The van der Waals surface area contributed by atoms with Gasteiger partial charge in [0.2, 0.25) is 0 Å². The molecule has 36 heavy (non-hydrogen) atoms. The fourth-order valence-electron chi connectivity index (χ4n) is 4.28. The molecule has 0 radical (unpaired) electrons. The fourth-order valence-corrected chi connectivity index (χ4v) is 5.56. The van der Waals surface area contributed by atoms with E-state index in [1.807, 2.05) is 0 Å². The minimum atomic E-state index is -3.54. The molecule has 0 N–H and O–H groups in total. The second-order valence-electron chi connectivity index (χ2n) is 9.02. The van der Waals surface area contributed by atoms with Crippen LogP contribution in [0.2, 0.25) is 0 Å². The van der Waals surface area contributed by atoms with Crippen LogP contribution in [0.1, 0.15) is 23.2 Å². The van der Waals surface area contributed by atoms with Crippen LogP contribution in [0.5, 0.6) is 5.75 Å². The molecule has 0 spiro atoms. The Hall–Kier alpha value is -2.70. The molecular weight excluding hydrogens is 511 g/mol. The van der Waals surface area contributed by atoms with E-state index in [1.165, 1.54) is 30.3 Å². The number of rotatable bonds is 6. The Morgan fingerprint density at radius 3 is 2.08 bits per heavy atom. The van der Waals surface area contributed by atoms with E-state index in [-0.39, 0.29) is 46.1 Å². The van der Waals surface area contributed by atoms with Gasteiger partial charge in [0.15, 0.2) is 19.7 Å². The van der Waals surface area contributed by atoms with Crippen LogP contribution in [0.15, 0.2) is 46.2 Å². The van der Waals surface area contributed by atoms with Gasteiger partial charge >= 0.3 is 0 Å². The Morgan fingerprint density at radius 1 is 0.917 bits per heavy atom. The van der Waals surface area contributed by atoms with Crippen LogP contribution >= 0.6 is 0 Å². The highest BCUT2D eigenvalue weighted by molar-refractivity contribution is 7.91. The molecule has 0 unspecified atom stereocenters. The van der Waals surface area contributed by atoms with Crippen molar-refractivity contribution < 1.29 is 35.5 Å². The van der Waals surface area contributed by atoms with Gasteiger partial charge in [-0.2, -0.15) is 0 Å². The van der Waals surface area contributed by atoms with E-state index in [1.54, 1.807) is 9.80 Å². The molecule has 2 aliphatic heterocycles. The van der Waals surface area contributed by atoms with Gasteiger partial charge < -0.3 is 19.3 Å². The predicted octanol–water partition coefficient (Wildman–Crippen LogP) is 2.15. The van der Waals surface area contributed by atoms with Crippen LogP contribution in [-0.4, -0.2) is 85.7 Å². The first-order chi connectivity index (χ1) is 16.9. The molecule has 0 aromatic heterocycles. The topological polar surface area (TPSA) is 110 Å². The highest BCUT2D eigenvalue weighted by Crippen LogP contribution is 2.29. The molecule has 0 aliphatic carbocycles. The van der Waals surface area contributed by atoms with Crippen LogP contribution in [0, 0.1) is 5.82 Å². The van der Waals surface area contributed by atoms with Gasteiger partial charge in [-0.25, -0.2) is 21.2 Å². The van der Waals surface area contributed by atoms with Crippen molar-refractivity contribution in [2.75, 3.05) is 56.8 Å². The lowest BCUT2D eigenvalue weighted by molar-refractivity contribution is 0.0249. The van der Waals surface area contributed by atoms with Crippen molar-refractivity contribution in [3.8, 4) is 5.75 Å². The summed E-state index contributed by atoms with van der Waals surface area (Å²) in [6.07, 6.45) is 3.31. The number of benzene rings is 2. The molecule has 12 heteroatoms. The summed E-state index contributed by atoms with van der Waals surface area (Å²) >= 11 is 0. The van der Waals surface area contributed by atoms with E-state index in [0.29, 0.717) is 44.9 Å². The molecule has 2 fully saturated rings. The number of halogens is 1. The number of hydrogen-bond acceptors (Lipinski definition) is 8. The molecule has 0 saturated carbocycles. The summed E-state index contributed by atoms with van der Waals surface area (Å²) in [6, 6.07) is 8.09. The maximum atomic E-state index is 14.6. The van der Waals surface area contributed by atoms with E-state index >= 15 is 0 Å². The van der Waals surface area contributed by atoms with Gasteiger partial charge in [-0.3, -0.25) is 4.79 Å². The van der Waals surface area contributed by atoms with Crippen LogP contribution in [0.25, 0.3) is 0 Å². The third-order valence-electron chi connectivity index (χ3n) is 6.33. The van der Waals surface area contributed by atoms with Gasteiger partial charge in [-0.1, -0.05) is 0 Å². The molecule has 2 aromatic carbocycles. The Morgan fingerprint density at radius 2 is 1.50 bits per heavy atom. The van der Waals surface area contributed by atoms with Crippen molar-refractivity contribution in [3.63, 3.8) is 0 Å². The molecule has 196 valence electrons. The van der Waals surface area contributed by atoms with Gasteiger partial charge in [0.1, 0.15) is 17.7 Å². The molecule has 4 rings (SSSR count). The molecule has 9 nitrogen and oxygen atoms in total. The fraction of sp³-hybridized carbons (Fsp3) is 0.458. The van der Waals surface area contributed by atoms with E-state index in [2.05, 4.69) is 0 Å². The third kappa shape index (κ3) is 5.98. The maximum Gasteiger partial charge on any atom is 0.257 e. The highest BCUT2D eigenvalue weighted by Gasteiger charge is 2.28. The Bertz CT molecular complexity index is 1350. The van der Waals surface area contributed by atoms with E-state index in [4.69, 9.17) is 9.47 Å². The van der Waals surface area contributed by atoms with E-state index < -0.39 is 25.5 Å². The zero-order valence-electron chi connectivity index (χ0n) is 20.1. The largest absolute Gasteiger partial charge is 0.489 e. The molecular formula is C24H29FN2O7S2. The van der Waals surface area contributed by atoms with Crippen molar-refractivity contribution in [3.05, 3.63) is 47.8 Å². The predicted molar refractivity (Wildman–Crippen MR) is 132 cm³/mol. The van der Waals surface area contributed by atoms with Crippen LogP contribution in [0.4, 0.5) is 10.1 Å². The SMILES string of the molecule is CS(=O)(=O)c1ccc(N2CCN(C(=O)c3cc(S(C)(=O)=O)ccc3OC3CCOCC3)CC2)c(F)c1. The number of piperazine rings is 1. The zero-order chi connectivity index (χ0) is 26.1. The van der Waals surface area contributed by atoms with Crippen LogP contribution < -0.4 is 9.64 Å². The number of nitrogens with zero attached hydrogens (tertiary/aromatic N) is 2. The number of hydrogen-bond donors (Lipinski definition) is 0. The van der Waals surface area contributed by atoms with Crippen molar-refractivity contribution in [1.82, 2.24) is 4.90 Å². The molecule has 2 aliphatic rings. The Kier molecular flexibility index (Phi) is 7.58. The Balaban J connectivity index is 1.52. The summed E-state index contributed by atoms with van der Waals surface area (Å²) in [4.78, 5) is 16.7. The average molecular weight is 541 g/mol. The average Bonchev–Trinajstić information content (AvgIpc) is 2.83. The Labute approximate surface area is 210 Å². The van der Waals surface area contributed by atoms with E-state index in [0.717, 1.165) is 18.6 Å². The number of sulfone groups is 2. The minimum absolute atomic E-state index is 0.0249. The lowest BCUT2D eigenvalue weighted by Crippen LogP contribution is -2.49. The normalized spacial score (nSPS) is 17.8. The second-order valence-corrected chi connectivity index (χ2v) is 13.1. The summed E-state index contributed by atoms with van der Waals surface area (Å²) in [5.41, 5.74) is 0.429. The first-order valence-electron chi connectivity index (χ1n) is 11.6. The highest BCUT2D eigenvalue weighted by atomic mass is 32.2. The summed E-state index contributed by atoms with van der Waals surface area (Å²) in [5, 5.41) is 0. The lowest BCUT2D eigenvalue weighted by Gasteiger charge is -2.36. The number of ether oxygens (including phenoxy) is 2. The first-order valence-corrected chi connectivity index (χ1v) is 15.3. The zero-order valence-corrected chi connectivity index (χ0v) is 21.8. The monoisotopic (exact) mass is 540 g/mol. The van der Waals surface area contributed by atoms with Crippen LogP contribution in [0.3, 0.4) is 0 Å². The molecule has 1 amide bonds. The number of carbonyl (C=O) groups excluding carboxylic acids is 1. The quantitative estimate of drug-likeness (QED) is 0.548. The summed E-state index contributed by atoms with van der Waals surface area (Å²) in [5.74, 6) is -0.690. The lowest BCUT2D eigenvalue weighted by atomic mass is 10.1. The smallest absolute Gasteiger partial charge is 0.257 e. The molecule has 2 aromatic rings. The number of carbonyl (C=O) groups is 1. The van der Waals surface area contributed by atoms with Crippen LogP contribution in [-0.2, 0) is 24.4 Å². The van der Waals surface area contributed by atoms with Crippen molar-refractivity contribution in [2.24, 2.45) is 0 Å². The summed E-state index contributed by atoms with van der Waals surface area (Å²) < 4.78 is 73.7. The summed E-state index contributed by atoms with van der Waals surface area (Å²) in [7, 11) is -7.07. The summed E-state index contributed by atoms with van der Waals surface area (Å²) in [6.45, 7) is 2.29. The third-order valence-corrected chi connectivity index (χ3v) is 8.55. The molecule has 2 saturated heterocycles. The second kappa shape index (κ2) is 10.3. The van der Waals surface area contributed by atoms with E-state index in [9.17, 15) is 26.0 Å². The molecule has 0 bridgehead atoms. The number of anilines is 1. The standard InChI is InChI=1S/C24H29FN2O7S2/c1-35(29,30)18-4-6-23(34-17-7-13-33-14-8-17)20(15-18)24(28)27-11-9-26(10-12-27)22-5-3-19(16-21(22)25)36(2,31)32/h3-6,15-17H,7-14H2,1-2H3. The minimum Gasteiger partial charge on any atom is -0.489 e. The first kappa shape index (κ1) is 26.4.